The Kier molecular flexibility index (Phi) is 2.41. The van der Waals surface area contributed by atoms with Crippen LogP contribution in [0.4, 0.5) is 6.01 Å². The molecule has 2 rings (SSSR count). The highest BCUT2D eigenvalue weighted by Gasteiger charge is 2.16. The highest BCUT2D eigenvalue weighted by Crippen LogP contribution is 2.29. The van der Waals surface area contributed by atoms with E-state index in [0.717, 1.165) is 17.0 Å². The maximum Gasteiger partial charge on any atom is 0.292 e. The largest absolute Gasteiger partial charge is 0.428 e. The van der Waals surface area contributed by atoms with Gasteiger partial charge in [-0.1, -0.05) is 13.8 Å². The molecule has 0 radical (unpaired) electrons. The van der Waals surface area contributed by atoms with Crippen LogP contribution in [0.25, 0.3) is 11.3 Å². The van der Waals surface area contributed by atoms with E-state index in [1.54, 1.807) is 12.4 Å². The topological polar surface area (TPSA) is 64.9 Å². The molecule has 0 amide bonds. The molecule has 0 aliphatic heterocycles. The van der Waals surface area contributed by atoms with E-state index in [4.69, 9.17) is 10.2 Å². The Morgan fingerprint density at radius 3 is 2.80 bits per heavy atom. The molecule has 78 valence electrons. The number of hydrogen-bond acceptors (Lipinski definition) is 4. The van der Waals surface area contributed by atoms with Crippen molar-refractivity contribution in [3.05, 3.63) is 30.3 Å². The number of aromatic nitrogens is 2. The average molecular weight is 203 g/mol. The highest BCUT2D eigenvalue weighted by molar-refractivity contribution is 5.61. The van der Waals surface area contributed by atoms with E-state index in [2.05, 4.69) is 9.97 Å². The normalized spacial score (nSPS) is 10.9. The van der Waals surface area contributed by atoms with Crippen LogP contribution in [0.3, 0.4) is 0 Å². The van der Waals surface area contributed by atoms with Gasteiger partial charge >= 0.3 is 0 Å². The van der Waals surface area contributed by atoms with Gasteiger partial charge in [-0.2, -0.15) is 4.98 Å². The second-order valence-electron chi connectivity index (χ2n) is 3.66. The lowest BCUT2D eigenvalue weighted by molar-refractivity contribution is 0.500. The minimum Gasteiger partial charge on any atom is -0.428 e. The van der Waals surface area contributed by atoms with Gasteiger partial charge in [-0.05, 0) is 12.1 Å². The molecule has 15 heavy (non-hydrogen) atoms. The van der Waals surface area contributed by atoms with Crippen molar-refractivity contribution in [3.63, 3.8) is 0 Å². The summed E-state index contributed by atoms with van der Waals surface area (Å²) in [5.41, 5.74) is 7.28. The Balaban J connectivity index is 2.53. The van der Waals surface area contributed by atoms with E-state index in [9.17, 15) is 0 Å². The molecule has 0 aromatic carbocycles. The second kappa shape index (κ2) is 3.73. The molecule has 2 aromatic rings. The summed E-state index contributed by atoms with van der Waals surface area (Å²) in [5.74, 6) is 1.06. The fourth-order valence-corrected chi connectivity index (χ4v) is 1.45. The number of oxazole rings is 1. The van der Waals surface area contributed by atoms with Crippen molar-refractivity contribution in [3.8, 4) is 11.3 Å². The zero-order chi connectivity index (χ0) is 10.8. The summed E-state index contributed by atoms with van der Waals surface area (Å²) in [7, 11) is 0. The van der Waals surface area contributed by atoms with E-state index < -0.39 is 0 Å². The number of nitrogens with two attached hydrogens (primary N) is 1. The van der Waals surface area contributed by atoms with Gasteiger partial charge in [-0.15, -0.1) is 0 Å². The van der Waals surface area contributed by atoms with Crippen LogP contribution in [0.15, 0.2) is 28.9 Å². The van der Waals surface area contributed by atoms with Crippen molar-refractivity contribution < 1.29 is 4.42 Å². The number of anilines is 1. The van der Waals surface area contributed by atoms with Crippen molar-refractivity contribution in [1.29, 1.82) is 0 Å². The van der Waals surface area contributed by atoms with Crippen molar-refractivity contribution >= 4 is 6.01 Å². The Bertz CT molecular complexity index is 448. The summed E-state index contributed by atoms with van der Waals surface area (Å²) >= 11 is 0. The van der Waals surface area contributed by atoms with E-state index in [-0.39, 0.29) is 11.9 Å². The van der Waals surface area contributed by atoms with Crippen LogP contribution >= 0.6 is 0 Å². The molecular formula is C11H13N3O. The SMILES string of the molecule is CC(C)c1oc(N)nc1-c1cccnc1. The fraction of sp³-hybridized carbons (Fsp3) is 0.273. The summed E-state index contributed by atoms with van der Waals surface area (Å²) < 4.78 is 5.37. The van der Waals surface area contributed by atoms with Crippen molar-refractivity contribution in [2.45, 2.75) is 19.8 Å². The quantitative estimate of drug-likeness (QED) is 0.814. The Hall–Kier alpha value is -1.84. The highest BCUT2D eigenvalue weighted by atomic mass is 16.4. The lowest BCUT2D eigenvalue weighted by Gasteiger charge is -2.02. The molecule has 0 fully saturated rings. The van der Waals surface area contributed by atoms with Crippen LogP contribution in [0.1, 0.15) is 25.5 Å². The van der Waals surface area contributed by atoms with Crippen LogP contribution in [-0.2, 0) is 0 Å². The molecule has 0 bridgehead atoms. The maximum absolute atomic E-state index is 5.56. The van der Waals surface area contributed by atoms with Gasteiger partial charge in [0.25, 0.3) is 6.01 Å². The van der Waals surface area contributed by atoms with Crippen molar-refractivity contribution in [2.24, 2.45) is 0 Å². The first-order chi connectivity index (χ1) is 7.18. The molecule has 0 saturated carbocycles. The van der Waals surface area contributed by atoms with E-state index in [1.165, 1.54) is 0 Å². The molecule has 0 aliphatic carbocycles. The fourth-order valence-electron chi connectivity index (χ4n) is 1.45. The van der Waals surface area contributed by atoms with Crippen LogP contribution in [0, 0.1) is 0 Å². The van der Waals surface area contributed by atoms with Gasteiger partial charge < -0.3 is 10.2 Å². The Morgan fingerprint density at radius 1 is 1.40 bits per heavy atom. The summed E-state index contributed by atoms with van der Waals surface area (Å²) in [6.45, 7) is 4.08. The first kappa shape index (κ1) is 9.71. The standard InChI is InChI=1S/C11H13N3O/c1-7(2)10-9(14-11(12)15-10)8-4-3-5-13-6-8/h3-7H,1-2H3,(H2,12,14). The number of pyridine rings is 1. The van der Waals surface area contributed by atoms with E-state index >= 15 is 0 Å². The number of rotatable bonds is 2. The third-order valence-electron chi connectivity index (χ3n) is 2.13. The molecule has 0 saturated heterocycles. The van der Waals surface area contributed by atoms with E-state index in [1.807, 2.05) is 26.0 Å². The molecule has 4 heteroatoms. The summed E-state index contributed by atoms with van der Waals surface area (Å²) in [6, 6.07) is 4.01. The first-order valence-corrected chi connectivity index (χ1v) is 4.85. The minimum atomic E-state index is 0.206. The van der Waals surface area contributed by atoms with Crippen LogP contribution in [0.5, 0.6) is 0 Å². The molecule has 4 nitrogen and oxygen atoms in total. The third kappa shape index (κ3) is 1.83. The van der Waals surface area contributed by atoms with Gasteiger partial charge in [0.15, 0.2) is 0 Å². The predicted octanol–water partition coefficient (Wildman–Crippen LogP) is 2.44. The van der Waals surface area contributed by atoms with Crippen molar-refractivity contribution in [2.75, 3.05) is 5.73 Å². The zero-order valence-corrected chi connectivity index (χ0v) is 8.77. The van der Waals surface area contributed by atoms with Crippen LogP contribution < -0.4 is 5.73 Å². The number of hydrogen-bond donors (Lipinski definition) is 1. The van der Waals surface area contributed by atoms with Gasteiger partial charge in [0.1, 0.15) is 11.5 Å². The van der Waals surface area contributed by atoms with Gasteiger partial charge in [0.05, 0.1) is 0 Å². The smallest absolute Gasteiger partial charge is 0.292 e. The summed E-state index contributed by atoms with van der Waals surface area (Å²) in [6.07, 6.45) is 3.48. The molecule has 2 heterocycles. The molecule has 0 atom stereocenters. The second-order valence-corrected chi connectivity index (χ2v) is 3.66. The Morgan fingerprint density at radius 2 is 2.20 bits per heavy atom. The van der Waals surface area contributed by atoms with Gasteiger partial charge in [-0.3, -0.25) is 4.98 Å². The molecule has 2 N–H and O–H groups in total. The molecule has 0 unspecified atom stereocenters. The number of nitrogen functional groups attached to an aromatic ring is 1. The molecular weight excluding hydrogens is 190 g/mol. The minimum absolute atomic E-state index is 0.206. The van der Waals surface area contributed by atoms with Gasteiger partial charge in [-0.25, -0.2) is 0 Å². The molecule has 0 spiro atoms. The van der Waals surface area contributed by atoms with Crippen molar-refractivity contribution in [1.82, 2.24) is 9.97 Å². The summed E-state index contributed by atoms with van der Waals surface area (Å²) in [5, 5.41) is 0. The summed E-state index contributed by atoms with van der Waals surface area (Å²) in [4.78, 5) is 8.22. The monoisotopic (exact) mass is 203 g/mol. The zero-order valence-electron chi connectivity index (χ0n) is 8.77. The maximum atomic E-state index is 5.56. The predicted molar refractivity (Wildman–Crippen MR) is 58.2 cm³/mol. The van der Waals surface area contributed by atoms with Gasteiger partial charge in [0.2, 0.25) is 0 Å². The van der Waals surface area contributed by atoms with E-state index in [0.29, 0.717) is 0 Å². The van der Waals surface area contributed by atoms with Gasteiger partial charge in [0, 0.05) is 23.9 Å². The molecule has 2 aromatic heterocycles. The average Bonchev–Trinajstić information content (AvgIpc) is 2.62. The lowest BCUT2D eigenvalue weighted by atomic mass is 10.1. The lowest BCUT2D eigenvalue weighted by Crippen LogP contribution is -1.89. The Labute approximate surface area is 88.2 Å². The van der Waals surface area contributed by atoms with Crippen LogP contribution in [0.2, 0.25) is 0 Å². The van der Waals surface area contributed by atoms with Crippen LogP contribution in [-0.4, -0.2) is 9.97 Å². The molecule has 0 aliphatic rings. The number of nitrogens with zero attached hydrogens (tertiary/aromatic N) is 2. The third-order valence-corrected chi connectivity index (χ3v) is 2.13. The first-order valence-electron chi connectivity index (χ1n) is 4.85.